The summed E-state index contributed by atoms with van der Waals surface area (Å²) in [6.45, 7) is 3.45. The molecule has 2 amide bonds. The van der Waals surface area contributed by atoms with Crippen molar-refractivity contribution in [1.82, 2.24) is 15.2 Å². The minimum absolute atomic E-state index is 0.00721. The molecule has 0 aliphatic rings. The monoisotopic (exact) mass is 413 g/mol. The zero-order valence-electron chi connectivity index (χ0n) is 14.1. The van der Waals surface area contributed by atoms with Gasteiger partial charge in [-0.15, -0.1) is 0 Å². The number of H-pyrrole nitrogens is 1. The van der Waals surface area contributed by atoms with E-state index in [4.69, 9.17) is 5.73 Å². The van der Waals surface area contributed by atoms with Crippen LogP contribution in [0.5, 0.6) is 0 Å². The maximum atomic E-state index is 12.6. The SMILES string of the molecule is Cc1nc(-c2cccc(Br)c2)ccc1C(=O)Nc1c(C(N)=O)n[nH]c1C. The Bertz CT molecular complexity index is 1010. The number of hydrogen-bond donors (Lipinski definition) is 3. The number of nitrogens with two attached hydrogens (primary N) is 1. The normalized spacial score (nSPS) is 10.6. The van der Waals surface area contributed by atoms with Crippen LogP contribution in [0, 0.1) is 13.8 Å². The number of aryl methyl sites for hydroxylation is 2. The summed E-state index contributed by atoms with van der Waals surface area (Å²) in [5, 5.41) is 9.14. The van der Waals surface area contributed by atoms with Gasteiger partial charge in [0.2, 0.25) is 0 Å². The van der Waals surface area contributed by atoms with Gasteiger partial charge in [-0.25, -0.2) is 0 Å². The van der Waals surface area contributed by atoms with Gasteiger partial charge in [0.25, 0.3) is 11.8 Å². The molecule has 26 heavy (non-hydrogen) atoms. The largest absolute Gasteiger partial charge is 0.364 e. The fraction of sp³-hybridized carbons (Fsp3) is 0.111. The fourth-order valence-corrected chi connectivity index (χ4v) is 2.95. The first-order valence-corrected chi connectivity index (χ1v) is 8.56. The quantitative estimate of drug-likeness (QED) is 0.608. The number of halogens is 1. The molecule has 0 radical (unpaired) electrons. The lowest BCUT2D eigenvalue weighted by atomic mass is 10.1. The molecule has 132 valence electrons. The summed E-state index contributed by atoms with van der Waals surface area (Å²) in [6, 6.07) is 11.2. The number of anilines is 1. The van der Waals surface area contributed by atoms with E-state index >= 15 is 0 Å². The van der Waals surface area contributed by atoms with Crippen LogP contribution in [0.25, 0.3) is 11.3 Å². The Morgan fingerprint density at radius 2 is 1.96 bits per heavy atom. The van der Waals surface area contributed by atoms with Crippen molar-refractivity contribution in [2.45, 2.75) is 13.8 Å². The maximum absolute atomic E-state index is 12.6. The molecule has 8 heteroatoms. The summed E-state index contributed by atoms with van der Waals surface area (Å²) in [5.41, 5.74) is 8.77. The first kappa shape index (κ1) is 17.8. The van der Waals surface area contributed by atoms with Crippen LogP contribution in [-0.4, -0.2) is 27.0 Å². The number of aromatic amines is 1. The minimum Gasteiger partial charge on any atom is -0.364 e. The van der Waals surface area contributed by atoms with E-state index in [1.54, 1.807) is 26.0 Å². The Hall–Kier alpha value is -3.00. The predicted molar refractivity (Wildman–Crippen MR) is 102 cm³/mol. The van der Waals surface area contributed by atoms with E-state index < -0.39 is 5.91 Å². The Morgan fingerprint density at radius 1 is 1.19 bits per heavy atom. The molecule has 0 fully saturated rings. The molecule has 0 saturated carbocycles. The van der Waals surface area contributed by atoms with Crippen LogP contribution in [-0.2, 0) is 0 Å². The third-order valence-corrected chi connectivity index (χ3v) is 4.36. The molecule has 1 aromatic carbocycles. The second-order valence-corrected chi connectivity index (χ2v) is 6.65. The van der Waals surface area contributed by atoms with Crippen molar-refractivity contribution in [3.8, 4) is 11.3 Å². The second-order valence-electron chi connectivity index (χ2n) is 5.73. The van der Waals surface area contributed by atoms with Crippen LogP contribution in [0.4, 0.5) is 5.69 Å². The summed E-state index contributed by atoms with van der Waals surface area (Å²) in [5.74, 6) is -1.10. The van der Waals surface area contributed by atoms with Crippen LogP contribution < -0.4 is 11.1 Å². The number of primary amides is 1. The summed E-state index contributed by atoms with van der Waals surface area (Å²) >= 11 is 3.44. The van der Waals surface area contributed by atoms with E-state index in [0.717, 1.165) is 15.7 Å². The molecule has 0 aliphatic carbocycles. The number of hydrogen-bond acceptors (Lipinski definition) is 4. The number of carbonyl (C=O) groups is 2. The van der Waals surface area contributed by atoms with Gasteiger partial charge < -0.3 is 11.1 Å². The lowest BCUT2D eigenvalue weighted by Gasteiger charge is -2.09. The molecule has 2 aromatic heterocycles. The summed E-state index contributed by atoms with van der Waals surface area (Å²) in [6.07, 6.45) is 0. The molecular weight excluding hydrogens is 398 g/mol. The molecule has 3 rings (SSSR count). The van der Waals surface area contributed by atoms with Gasteiger partial charge >= 0.3 is 0 Å². The van der Waals surface area contributed by atoms with Crippen LogP contribution >= 0.6 is 15.9 Å². The van der Waals surface area contributed by atoms with Crippen molar-refractivity contribution in [3.63, 3.8) is 0 Å². The average molecular weight is 414 g/mol. The topological polar surface area (TPSA) is 114 Å². The van der Waals surface area contributed by atoms with Crippen LogP contribution in [0.2, 0.25) is 0 Å². The fourth-order valence-electron chi connectivity index (χ4n) is 2.55. The number of pyridine rings is 1. The number of rotatable bonds is 4. The Morgan fingerprint density at radius 3 is 2.62 bits per heavy atom. The summed E-state index contributed by atoms with van der Waals surface area (Å²) in [7, 11) is 0. The van der Waals surface area contributed by atoms with Gasteiger partial charge in [0.05, 0.1) is 28.3 Å². The van der Waals surface area contributed by atoms with Crippen LogP contribution in [0.15, 0.2) is 40.9 Å². The summed E-state index contributed by atoms with van der Waals surface area (Å²) < 4.78 is 0.950. The summed E-state index contributed by atoms with van der Waals surface area (Å²) in [4.78, 5) is 28.5. The van der Waals surface area contributed by atoms with Gasteiger partial charge in [0.15, 0.2) is 5.69 Å². The Kier molecular flexibility index (Phi) is 4.85. The highest BCUT2D eigenvalue weighted by atomic mass is 79.9. The molecule has 0 bridgehead atoms. The predicted octanol–water partition coefficient (Wildman–Crippen LogP) is 3.20. The molecule has 3 aromatic rings. The molecule has 0 unspecified atom stereocenters. The van der Waals surface area contributed by atoms with E-state index in [1.165, 1.54) is 0 Å². The van der Waals surface area contributed by atoms with E-state index in [9.17, 15) is 9.59 Å². The minimum atomic E-state index is -0.718. The van der Waals surface area contributed by atoms with Crippen LogP contribution in [0.3, 0.4) is 0 Å². The van der Waals surface area contributed by atoms with E-state index in [2.05, 4.69) is 36.4 Å². The van der Waals surface area contributed by atoms with E-state index in [0.29, 0.717) is 17.0 Å². The molecular formula is C18H16BrN5O2. The van der Waals surface area contributed by atoms with Crippen molar-refractivity contribution in [2.75, 3.05) is 5.32 Å². The smallest absolute Gasteiger partial charge is 0.271 e. The van der Waals surface area contributed by atoms with Crippen LogP contribution in [0.1, 0.15) is 32.2 Å². The molecule has 2 heterocycles. The lowest BCUT2D eigenvalue weighted by molar-refractivity contribution is 0.0996. The van der Waals surface area contributed by atoms with Gasteiger partial charge in [-0.1, -0.05) is 28.1 Å². The van der Waals surface area contributed by atoms with E-state index in [1.807, 2.05) is 24.3 Å². The second kappa shape index (κ2) is 7.09. The highest BCUT2D eigenvalue weighted by molar-refractivity contribution is 9.10. The van der Waals surface area contributed by atoms with Crippen molar-refractivity contribution >= 4 is 33.4 Å². The number of aromatic nitrogens is 3. The molecule has 0 atom stereocenters. The zero-order chi connectivity index (χ0) is 18.8. The number of amides is 2. The van der Waals surface area contributed by atoms with Gasteiger partial charge in [0, 0.05) is 10.0 Å². The number of carbonyl (C=O) groups excluding carboxylic acids is 2. The molecule has 7 nitrogen and oxygen atoms in total. The van der Waals surface area contributed by atoms with Crippen molar-refractivity contribution in [2.24, 2.45) is 5.73 Å². The first-order chi connectivity index (χ1) is 12.4. The zero-order valence-corrected chi connectivity index (χ0v) is 15.7. The van der Waals surface area contributed by atoms with E-state index in [-0.39, 0.29) is 17.3 Å². The Labute approximate surface area is 158 Å². The molecule has 0 saturated heterocycles. The van der Waals surface area contributed by atoms with Crippen molar-refractivity contribution in [3.05, 3.63) is 63.5 Å². The Balaban J connectivity index is 1.89. The first-order valence-electron chi connectivity index (χ1n) is 7.76. The van der Waals surface area contributed by atoms with Gasteiger partial charge in [0.1, 0.15) is 0 Å². The number of nitrogens with one attached hydrogen (secondary N) is 2. The van der Waals surface area contributed by atoms with Crippen molar-refractivity contribution in [1.29, 1.82) is 0 Å². The van der Waals surface area contributed by atoms with Crippen molar-refractivity contribution < 1.29 is 9.59 Å². The molecule has 4 N–H and O–H groups in total. The van der Waals surface area contributed by atoms with Gasteiger partial charge in [-0.2, -0.15) is 5.10 Å². The third kappa shape index (κ3) is 3.50. The highest BCUT2D eigenvalue weighted by Crippen LogP contribution is 2.23. The lowest BCUT2D eigenvalue weighted by Crippen LogP contribution is -2.19. The van der Waals surface area contributed by atoms with Gasteiger partial charge in [-0.05, 0) is 38.1 Å². The maximum Gasteiger partial charge on any atom is 0.271 e. The highest BCUT2D eigenvalue weighted by Gasteiger charge is 2.19. The standard InChI is InChI=1S/C18H16BrN5O2/c1-9-13(6-7-14(21-9)11-4-3-5-12(19)8-11)18(26)22-15-10(2)23-24-16(15)17(20)25/h3-8H,1-2H3,(H2,20,25)(H,22,26)(H,23,24). The molecule has 0 aliphatic heterocycles. The number of nitrogens with zero attached hydrogens (tertiary/aromatic N) is 2. The average Bonchev–Trinajstić information content (AvgIpc) is 2.95. The number of benzene rings is 1. The third-order valence-electron chi connectivity index (χ3n) is 3.87. The molecule has 0 spiro atoms. The van der Waals surface area contributed by atoms with Gasteiger partial charge in [-0.3, -0.25) is 19.7 Å².